The second-order valence-electron chi connectivity index (χ2n) is 4.71. The number of hydrogen-bond acceptors (Lipinski definition) is 4. The Kier molecular flexibility index (Phi) is 2.48. The minimum Gasteiger partial charge on any atom is -0.368 e. The molecule has 2 aromatic heterocycles. The second kappa shape index (κ2) is 4.00. The molecule has 1 atom stereocenters. The van der Waals surface area contributed by atoms with Crippen LogP contribution in [0.2, 0.25) is 0 Å². The van der Waals surface area contributed by atoms with Gasteiger partial charge in [0.2, 0.25) is 0 Å². The summed E-state index contributed by atoms with van der Waals surface area (Å²) in [6.45, 7) is 1.97. The lowest BCUT2D eigenvalue weighted by atomic mass is 10.1. The molecule has 2 aromatic rings. The molecule has 1 saturated heterocycles. The fraction of sp³-hybridized carbons (Fsp3) is 0.500. The molecule has 0 aliphatic carbocycles. The van der Waals surface area contributed by atoms with Gasteiger partial charge in [0.15, 0.2) is 0 Å². The molecular weight excluding hydrogens is 214 g/mol. The van der Waals surface area contributed by atoms with E-state index in [1.807, 2.05) is 30.3 Å². The van der Waals surface area contributed by atoms with E-state index in [-0.39, 0.29) is 6.04 Å². The van der Waals surface area contributed by atoms with E-state index in [0.717, 1.165) is 42.5 Å². The number of fused-ring (bicyclic) bond motifs is 1. The van der Waals surface area contributed by atoms with Crippen molar-refractivity contribution in [3.63, 3.8) is 0 Å². The molecule has 5 heteroatoms. The topological polar surface area (TPSA) is 60.0 Å². The first-order valence-corrected chi connectivity index (χ1v) is 6.02. The molecule has 0 saturated carbocycles. The fourth-order valence-corrected chi connectivity index (χ4v) is 2.53. The normalized spacial score (nSPS) is 21.1. The zero-order chi connectivity index (χ0) is 11.8. The van der Waals surface area contributed by atoms with Gasteiger partial charge in [-0.1, -0.05) is 0 Å². The Hall–Kier alpha value is -1.62. The summed E-state index contributed by atoms with van der Waals surface area (Å²) in [7, 11) is 1.94. The number of nitrogens with two attached hydrogens (primary N) is 1. The lowest BCUT2D eigenvalue weighted by Crippen LogP contribution is -2.42. The van der Waals surface area contributed by atoms with Crippen molar-refractivity contribution in [2.75, 3.05) is 18.0 Å². The van der Waals surface area contributed by atoms with Crippen molar-refractivity contribution in [1.29, 1.82) is 0 Å². The quantitative estimate of drug-likeness (QED) is 0.792. The maximum absolute atomic E-state index is 6.03. The van der Waals surface area contributed by atoms with Gasteiger partial charge in [0.05, 0.1) is 29.8 Å². The molecule has 1 unspecified atom stereocenters. The van der Waals surface area contributed by atoms with Crippen LogP contribution in [-0.4, -0.2) is 33.9 Å². The third-order valence-corrected chi connectivity index (χ3v) is 3.45. The number of hydrogen-bond donors (Lipinski definition) is 1. The molecule has 0 radical (unpaired) electrons. The maximum Gasteiger partial charge on any atom is 0.0883 e. The third-order valence-electron chi connectivity index (χ3n) is 3.45. The SMILES string of the molecule is Cn1ncc2c(N3CCCC(N)C3)cncc21. The van der Waals surface area contributed by atoms with Crippen LogP contribution in [0.4, 0.5) is 5.69 Å². The molecule has 0 aromatic carbocycles. The minimum atomic E-state index is 0.274. The summed E-state index contributed by atoms with van der Waals surface area (Å²) < 4.78 is 1.86. The van der Waals surface area contributed by atoms with Crippen LogP contribution in [0.25, 0.3) is 10.9 Å². The van der Waals surface area contributed by atoms with Gasteiger partial charge in [-0.25, -0.2) is 0 Å². The van der Waals surface area contributed by atoms with Crippen LogP contribution in [0.15, 0.2) is 18.6 Å². The Morgan fingerprint density at radius 1 is 1.35 bits per heavy atom. The molecule has 90 valence electrons. The number of aryl methyl sites for hydroxylation is 1. The molecule has 1 fully saturated rings. The number of piperidine rings is 1. The molecule has 1 aliphatic rings. The van der Waals surface area contributed by atoms with Crippen molar-refractivity contribution in [3.05, 3.63) is 18.6 Å². The summed E-state index contributed by atoms with van der Waals surface area (Å²) >= 11 is 0. The molecular formula is C12H17N5. The number of anilines is 1. The Morgan fingerprint density at radius 2 is 2.24 bits per heavy atom. The highest BCUT2D eigenvalue weighted by Crippen LogP contribution is 2.27. The van der Waals surface area contributed by atoms with Crippen molar-refractivity contribution in [2.45, 2.75) is 18.9 Å². The van der Waals surface area contributed by atoms with Crippen LogP contribution >= 0.6 is 0 Å². The van der Waals surface area contributed by atoms with Crippen molar-refractivity contribution in [3.8, 4) is 0 Å². The van der Waals surface area contributed by atoms with Crippen molar-refractivity contribution >= 4 is 16.6 Å². The van der Waals surface area contributed by atoms with Crippen LogP contribution in [0.3, 0.4) is 0 Å². The Bertz CT molecular complexity index is 533. The smallest absolute Gasteiger partial charge is 0.0883 e. The zero-order valence-corrected chi connectivity index (χ0v) is 10.0. The third kappa shape index (κ3) is 1.76. The van der Waals surface area contributed by atoms with Gasteiger partial charge in [-0.3, -0.25) is 9.67 Å². The van der Waals surface area contributed by atoms with E-state index in [9.17, 15) is 0 Å². The highest BCUT2D eigenvalue weighted by molar-refractivity contribution is 5.90. The van der Waals surface area contributed by atoms with E-state index in [0.29, 0.717) is 0 Å². The summed E-state index contributed by atoms with van der Waals surface area (Å²) in [6.07, 6.45) is 7.95. The van der Waals surface area contributed by atoms with Crippen molar-refractivity contribution < 1.29 is 0 Å². The molecule has 2 N–H and O–H groups in total. The lowest BCUT2D eigenvalue weighted by Gasteiger charge is -2.32. The Balaban J connectivity index is 2.04. The minimum absolute atomic E-state index is 0.274. The number of pyridine rings is 1. The van der Waals surface area contributed by atoms with E-state index in [4.69, 9.17) is 5.73 Å². The van der Waals surface area contributed by atoms with Gasteiger partial charge < -0.3 is 10.6 Å². The van der Waals surface area contributed by atoms with E-state index >= 15 is 0 Å². The summed E-state index contributed by atoms with van der Waals surface area (Å²) in [6, 6.07) is 0.274. The van der Waals surface area contributed by atoms with Crippen molar-refractivity contribution in [2.24, 2.45) is 12.8 Å². The predicted molar refractivity (Wildman–Crippen MR) is 67.9 cm³/mol. The molecule has 0 bridgehead atoms. The average Bonchev–Trinajstić information content (AvgIpc) is 2.71. The van der Waals surface area contributed by atoms with Gasteiger partial charge in [-0.05, 0) is 12.8 Å². The van der Waals surface area contributed by atoms with Gasteiger partial charge >= 0.3 is 0 Å². The van der Waals surface area contributed by atoms with Crippen molar-refractivity contribution in [1.82, 2.24) is 14.8 Å². The van der Waals surface area contributed by atoms with Gasteiger partial charge in [-0.15, -0.1) is 0 Å². The first-order chi connectivity index (χ1) is 8.25. The molecule has 0 spiro atoms. The molecule has 0 amide bonds. The number of aromatic nitrogens is 3. The number of rotatable bonds is 1. The van der Waals surface area contributed by atoms with Crippen LogP contribution < -0.4 is 10.6 Å². The van der Waals surface area contributed by atoms with Gasteiger partial charge in [0.25, 0.3) is 0 Å². The van der Waals surface area contributed by atoms with Gasteiger partial charge in [0, 0.05) is 31.6 Å². The van der Waals surface area contributed by atoms with Gasteiger partial charge in [0.1, 0.15) is 0 Å². The highest BCUT2D eigenvalue weighted by atomic mass is 15.3. The van der Waals surface area contributed by atoms with E-state index in [1.54, 1.807) is 0 Å². The second-order valence-corrected chi connectivity index (χ2v) is 4.71. The summed E-state index contributed by atoms with van der Waals surface area (Å²) in [5.41, 5.74) is 8.26. The molecule has 17 heavy (non-hydrogen) atoms. The number of nitrogens with zero attached hydrogens (tertiary/aromatic N) is 4. The Morgan fingerprint density at radius 3 is 3.06 bits per heavy atom. The molecule has 5 nitrogen and oxygen atoms in total. The average molecular weight is 231 g/mol. The Labute approximate surface area is 100 Å². The van der Waals surface area contributed by atoms with E-state index in [2.05, 4.69) is 15.0 Å². The lowest BCUT2D eigenvalue weighted by molar-refractivity contribution is 0.506. The van der Waals surface area contributed by atoms with Crippen LogP contribution in [-0.2, 0) is 7.05 Å². The maximum atomic E-state index is 6.03. The fourth-order valence-electron chi connectivity index (χ4n) is 2.53. The first kappa shape index (κ1) is 10.5. The van der Waals surface area contributed by atoms with E-state index < -0.39 is 0 Å². The first-order valence-electron chi connectivity index (χ1n) is 6.02. The van der Waals surface area contributed by atoms with Gasteiger partial charge in [-0.2, -0.15) is 5.10 Å². The standard InChI is InChI=1S/C12H17N5/c1-16-11-6-14-7-12(10(11)5-15-16)17-4-2-3-9(13)8-17/h5-7,9H,2-4,8,13H2,1H3. The summed E-state index contributed by atoms with van der Waals surface area (Å²) in [5, 5.41) is 5.45. The zero-order valence-electron chi connectivity index (χ0n) is 10.0. The van der Waals surface area contributed by atoms with Crippen LogP contribution in [0, 0.1) is 0 Å². The monoisotopic (exact) mass is 231 g/mol. The van der Waals surface area contributed by atoms with Crippen LogP contribution in [0.5, 0.6) is 0 Å². The molecule has 3 heterocycles. The summed E-state index contributed by atoms with van der Waals surface area (Å²) in [5.74, 6) is 0. The predicted octanol–water partition coefficient (Wildman–Crippen LogP) is 0.896. The largest absolute Gasteiger partial charge is 0.368 e. The molecule has 1 aliphatic heterocycles. The summed E-state index contributed by atoms with van der Waals surface area (Å²) in [4.78, 5) is 6.63. The van der Waals surface area contributed by atoms with Crippen LogP contribution in [0.1, 0.15) is 12.8 Å². The van der Waals surface area contributed by atoms with E-state index in [1.165, 1.54) is 0 Å². The highest BCUT2D eigenvalue weighted by Gasteiger charge is 2.19. The molecule has 3 rings (SSSR count).